The normalized spacial score (nSPS) is 14.9. The van der Waals surface area contributed by atoms with Crippen molar-refractivity contribution in [2.45, 2.75) is 32.2 Å². The summed E-state index contributed by atoms with van der Waals surface area (Å²) in [6.07, 6.45) is 7.97. The third-order valence-corrected chi connectivity index (χ3v) is 4.90. The quantitative estimate of drug-likeness (QED) is 0.671. The molecule has 1 aliphatic rings. The summed E-state index contributed by atoms with van der Waals surface area (Å²) in [5, 5.41) is 9.62. The Hall–Kier alpha value is -2.08. The molecule has 0 fully saturated rings. The van der Waals surface area contributed by atoms with E-state index in [0.717, 1.165) is 28.8 Å². The van der Waals surface area contributed by atoms with Crippen LogP contribution in [0.5, 0.6) is 0 Å². The van der Waals surface area contributed by atoms with Gasteiger partial charge in [-0.15, -0.1) is 16.5 Å². The molecule has 0 N–H and O–H groups in total. The number of azo groups is 1. The number of fused-ring (bicyclic) bond motifs is 3. The van der Waals surface area contributed by atoms with Crippen molar-refractivity contribution >= 4 is 27.4 Å². The summed E-state index contributed by atoms with van der Waals surface area (Å²) < 4.78 is 5.25. The Kier molecular flexibility index (Phi) is 3.23. The monoisotopic (exact) mass is 298 g/mol. The number of furan rings is 1. The van der Waals surface area contributed by atoms with Crippen LogP contribution in [0.2, 0.25) is 0 Å². The summed E-state index contributed by atoms with van der Waals surface area (Å²) >= 11 is 1.77. The van der Waals surface area contributed by atoms with E-state index in [9.17, 15) is 0 Å². The molecule has 0 spiro atoms. The number of nitrogens with zero attached hydrogens (tertiary/aromatic N) is 4. The largest absolute Gasteiger partial charge is 0.467 e. The smallest absolute Gasteiger partial charge is 0.186 e. The number of rotatable bonds is 3. The van der Waals surface area contributed by atoms with Crippen LogP contribution in [-0.4, -0.2) is 9.97 Å². The predicted molar refractivity (Wildman–Crippen MR) is 81.0 cm³/mol. The maximum Gasteiger partial charge on any atom is 0.186 e. The molecule has 4 rings (SSSR count). The molecule has 0 atom stereocenters. The van der Waals surface area contributed by atoms with E-state index >= 15 is 0 Å². The van der Waals surface area contributed by atoms with Crippen LogP contribution in [0.15, 0.2) is 39.4 Å². The third-order valence-electron chi connectivity index (χ3n) is 3.70. The zero-order valence-corrected chi connectivity index (χ0v) is 12.3. The molecule has 1 aliphatic carbocycles. The molecule has 106 valence electrons. The van der Waals surface area contributed by atoms with Crippen molar-refractivity contribution in [3.8, 4) is 0 Å². The van der Waals surface area contributed by atoms with Gasteiger partial charge in [0.2, 0.25) is 0 Å². The number of aromatic nitrogens is 2. The molecule has 3 heterocycles. The van der Waals surface area contributed by atoms with E-state index < -0.39 is 0 Å². The molecular weight excluding hydrogens is 284 g/mol. The fourth-order valence-corrected chi connectivity index (χ4v) is 3.95. The molecule has 0 radical (unpaired) electrons. The molecule has 0 bridgehead atoms. The van der Waals surface area contributed by atoms with Crippen LogP contribution in [0.4, 0.5) is 5.82 Å². The van der Waals surface area contributed by atoms with Crippen LogP contribution in [0.3, 0.4) is 0 Å². The summed E-state index contributed by atoms with van der Waals surface area (Å²) in [7, 11) is 0. The number of hydrogen-bond acceptors (Lipinski definition) is 6. The molecule has 3 aromatic rings. The Labute approximate surface area is 125 Å². The summed E-state index contributed by atoms with van der Waals surface area (Å²) in [4.78, 5) is 11.2. The maximum atomic E-state index is 5.25. The van der Waals surface area contributed by atoms with Crippen LogP contribution in [0.25, 0.3) is 10.2 Å². The van der Waals surface area contributed by atoms with Gasteiger partial charge in [0.05, 0.1) is 11.6 Å². The van der Waals surface area contributed by atoms with Gasteiger partial charge in [-0.05, 0) is 43.4 Å². The van der Waals surface area contributed by atoms with E-state index in [-0.39, 0.29) is 0 Å². The minimum absolute atomic E-state index is 0.435. The van der Waals surface area contributed by atoms with Crippen LogP contribution < -0.4 is 0 Å². The maximum absolute atomic E-state index is 5.25. The fourth-order valence-electron chi connectivity index (χ4n) is 2.72. The van der Waals surface area contributed by atoms with Gasteiger partial charge in [0, 0.05) is 4.88 Å². The van der Waals surface area contributed by atoms with Crippen molar-refractivity contribution < 1.29 is 4.42 Å². The molecule has 0 aliphatic heterocycles. The van der Waals surface area contributed by atoms with Crippen molar-refractivity contribution in [3.05, 3.63) is 40.9 Å². The molecule has 6 heteroatoms. The first-order valence-electron chi connectivity index (χ1n) is 7.07. The molecule has 0 saturated heterocycles. The van der Waals surface area contributed by atoms with Crippen LogP contribution in [0.1, 0.15) is 29.0 Å². The highest BCUT2D eigenvalue weighted by Crippen LogP contribution is 2.39. The number of hydrogen-bond donors (Lipinski definition) is 0. The average molecular weight is 298 g/mol. The molecule has 0 saturated carbocycles. The molecular formula is C15H14N4OS. The molecule has 3 aromatic heterocycles. The Bertz CT molecular complexity index is 791. The van der Waals surface area contributed by atoms with E-state index in [2.05, 4.69) is 20.2 Å². The Morgan fingerprint density at radius 3 is 3.10 bits per heavy atom. The van der Waals surface area contributed by atoms with Gasteiger partial charge in [0.1, 0.15) is 23.5 Å². The second-order valence-corrected chi connectivity index (χ2v) is 6.15. The molecule has 0 unspecified atom stereocenters. The first-order valence-corrected chi connectivity index (χ1v) is 7.88. The van der Waals surface area contributed by atoms with Gasteiger partial charge in [-0.3, -0.25) is 0 Å². The lowest BCUT2D eigenvalue weighted by Gasteiger charge is -2.10. The van der Waals surface area contributed by atoms with Gasteiger partial charge < -0.3 is 4.42 Å². The zero-order chi connectivity index (χ0) is 14.1. The second kappa shape index (κ2) is 5.37. The molecule has 0 amide bonds. The zero-order valence-electron chi connectivity index (χ0n) is 11.5. The highest BCUT2D eigenvalue weighted by atomic mass is 32.1. The molecule has 5 nitrogen and oxygen atoms in total. The predicted octanol–water partition coefficient (Wildman–Crippen LogP) is 4.45. The van der Waals surface area contributed by atoms with Crippen molar-refractivity contribution in [2.24, 2.45) is 10.2 Å². The van der Waals surface area contributed by atoms with Gasteiger partial charge in [-0.2, -0.15) is 5.11 Å². The van der Waals surface area contributed by atoms with Crippen molar-refractivity contribution in [1.29, 1.82) is 0 Å². The van der Waals surface area contributed by atoms with Crippen LogP contribution in [0, 0.1) is 0 Å². The average Bonchev–Trinajstić information content (AvgIpc) is 3.14. The summed E-state index contributed by atoms with van der Waals surface area (Å²) in [6.45, 7) is 0.435. The summed E-state index contributed by atoms with van der Waals surface area (Å²) in [6, 6.07) is 3.74. The topological polar surface area (TPSA) is 63.6 Å². The SMILES string of the molecule is c1coc(CN=Nc2ncnc3sc4c(c23)CCCC4)c1. The molecule has 21 heavy (non-hydrogen) atoms. The number of thiophene rings is 1. The van der Waals surface area contributed by atoms with E-state index in [1.54, 1.807) is 23.9 Å². The standard InChI is InChI=1S/C15H14N4OS/c1-2-6-12-11(5-1)13-14(16-9-17-15(13)21-12)19-18-8-10-4-3-7-20-10/h3-4,7,9H,1-2,5-6,8H2. The van der Waals surface area contributed by atoms with Gasteiger partial charge in [-0.1, -0.05) is 0 Å². The van der Waals surface area contributed by atoms with Gasteiger partial charge in [-0.25, -0.2) is 9.97 Å². The lowest BCUT2D eigenvalue weighted by molar-refractivity contribution is 0.509. The first kappa shape index (κ1) is 12.6. The highest BCUT2D eigenvalue weighted by molar-refractivity contribution is 7.18. The highest BCUT2D eigenvalue weighted by Gasteiger charge is 2.19. The minimum Gasteiger partial charge on any atom is -0.467 e. The van der Waals surface area contributed by atoms with Crippen LogP contribution in [-0.2, 0) is 19.4 Å². The van der Waals surface area contributed by atoms with E-state index in [0.29, 0.717) is 12.4 Å². The molecule has 0 aromatic carbocycles. The Morgan fingerprint density at radius 2 is 2.19 bits per heavy atom. The summed E-state index contributed by atoms with van der Waals surface area (Å²) in [5.74, 6) is 1.49. The van der Waals surface area contributed by atoms with E-state index in [4.69, 9.17) is 4.42 Å². The van der Waals surface area contributed by atoms with Gasteiger partial charge in [0.25, 0.3) is 0 Å². The van der Waals surface area contributed by atoms with Crippen molar-refractivity contribution in [1.82, 2.24) is 9.97 Å². The van der Waals surface area contributed by atoms with Gasteiger partial charge >= 0.3 is 0 Å². The first-order chi connectivity index (χ1) is 10.4. The lowest BCUT2D eigenvalue weighted by Crippen LogP contribution is -1.98. The van der Waals surface area contributed by atoms with E-state index in [1.165, 1.54) is 23.3 Å². The number of aryl methyl sites for hydroxylation is 2. The third kappa shape index (κ3) is 2.35. The lowest BCUT2D eigenvalue weighted by atomic mass is 9.97. The van der Waals surface area contributed by atoms with Crippen LogP contribution >= 0.6 is 11.3 Å². The van der Waals surface area contributed by atoms with Gasteiger partial charge in [0.15, 0.2) is 5.82 Å². The van der Waals surface area contributed by atoms with Crippen molar-refractivity contribution in [3.63, 3.8) is 0 Å². The minimum atomic E-state index is 0.435. The Morgan fingerprint density at radius 1 is 1.24 bits per heavy atom. The van der Waals surface area contributed by atoms with Crippen molar-refractivity contribution in [2.75, 3.05) is 0 Å². The second-order valence-electron chi connectivity index (χ2n) is 5.07. The van der Waals surface area contributed by atoms with E-state index in [1.807, 2.05) is 12.1 Å². The Balaban J connectivity index is 1.71. The fraction of sp³-hybridized carbons (Fsp3) is 0.333. The summed E-state index contributed by atoms with van der Waals surface area (Å²) in [5.41, 5.74) is 1.38.